The van der Waals surface area contributed by atoms with E-state index in [4.69, 9.17) is 48.4 Å². The average molecular weight is 1150 g/mol. The lowest BCUT2D eigenvalue weighted by molar-refractivity contribution is -0.311. The zero-order valence-electron chi connectivity index (χ0n) is 50.4. The first-order chi connectivity index (χ1) is 36.4. The topological polar surface area (TPSA) is 356 Å². The minimum Gasteiger partial charge on any atom is -0.466 e. The van der Waals surface area contributed by atoms with Crippen molar-refractivity contribution in [3.8, 4) is 0 Å². The van der Waals surface area contributed by atoms with E-state index in [1.54, 1.807) is 89.2 Å². The van der Waals surface area contributed by atoms with Crippen LogP contribution in [0.1, 0.15) is 150 Å². The Balaban J connectivity index is 0.00000194. The Morgan fingerprint density at radius 2 is 1.20 bits per heavy atom. The molecule has 0 aromatic carbocycles. The van der Waals surface area contributed by atoms with Crippen LogP contribution in [0.4, 0.5) is 19.2 Å². The van der Waals surface area contributed by atoms with E-state index in [0.717, 1.165) is 17.7 Å². The number of aliphatic hydroxyl groups excluding tert-OH is 3. The van der Waals surface area contributed by atoms with Crippen molar-refractivity contribution in [2.24, 2.45) is 11.7 Å². The van der Waals surface area contributed by atoms with Gasteiger partial charge in [-0.3, -0.25) is 9.59 Å². The Hall–Kier alpha value is -4.80. The number of carbonyl (C=O) groups excluding carboxylic acids is 6. The van der Waals surface area contributed by atoms with Crippen LogP contribution < -0.4 is 32.3 Å². The fourth-order valence-corrected chi connectivity index (χ4v) is 9.06. The molecule has 3 fully saturated rings. The highest BCUT2D eigenvalue weighted by Crippen LogP contribution is 2.35. The summed E-state index contributed by atoms with van der Waals surface area (Å²) >= 11 is 0. The van der Waals surface area contributed by atoms with E-state index in [1.807, 2.05) is 20.8 Å². The number of hydrogen-bond acceptors (Lipinski definition) is 21. The molecule has 0 bridgehead atoms. The molecule has 0 unspecified atom stereocenters. The van der Waals surface area contributed by atoms with E-state index in [0.29, 0.717) is 18.2 Å². The fraction of sp³-hybridized carbons (Fsp3) is 0.852. The van der Waals surface area contributed by atoms with E-state index < -0.39 is 132 Å². The highest BCUT2D eigenvalue weighted by atomic mass is 16.7. The maximum atomic E-state index is 13.9. The number of aliphatic hydroxyl groups is 4. The smallest absolute Gasteiger partial charge is 0.410 e. The van der Waals surface area contributed by atoms with Crippen LogP contribution in [0.5, 0.6) is 0 Å². The quantitative estimate of drug-likeness (QED) is 0.0784. The van der Waals surface area contributed by atoms with Gasteiger partial charge in [0.25, 0.3) is 0 Å². The average Bonchev–Trinajstić information content (AvgIpc) is 3.23. The Labute approximate surface area is 471 Å². The minimum absolute atomic E-state index is 0.158. The summed E-state index contributed by atoms with van der Waals surface area (Å²) in [5, 5.41) is 61.2. The molecule has 0 aromatic rings. The largest absolute Gasteiger partial charge is 0.466 e. The number of ether oxygens (including phenoxy) is 9. The Morgan fingerprint density at radius 1 is 0.713 bits per heavy atom. The van der Waals surface area contributed by atoms with Gasteiger partial charge in [0, 0.05) is 26.6 Å². The summed E-state index contributed by atoms with van der Waals surface area (Å²) in [5.41, 5.74) is 0.180. The third-order valence-corrected chi connectivity index (χ3v) is 12.2. The maximum absolute atomic E-state index is 13.9. The number of esters is 1. The van der Waals surface area contributed by atoms with Gasteiger partial charge in [0.05, 0.1) is 37.3 Å². The number of amides is 5. The minimum atomic E-state index is -1.88. The molecule has 5 amide bonds. The van der Waals surface area contributed by atoms with Crippen LogP contribution in [0.25, 0.3) is 0 Å². The second kappa shape index (κ2) is 28.5. The van der Waals surface area contributed by atoms with Crippen LogP contribution in [0, 0.1) is 5.92 Å². The molecule has 2 aliphatic carbocycles. The molecule has 12 atom stereocenters. The van der Waals surface area contributed by atoms with Crippen molar-refractivity contribution in [2.75, 3.05) is 33.3 Å². The van der Waals surface area contributed by atoms with Crippen LogP contribution in [-0.4, -0.2) is 202 Å². The Kier molecular flexibility index (Phi) is 24.7. The van der Waals surface area contributed by atoms with Crippen LogP contribution in [0.2, 0.25) is 0 Å². The van der Waals surface area contributed by atoms with E-state index in [9.17, 15) is 49.2 Å². The molecule has 4 rings (SSSR count). The molecule has 26 heteroatoms. The SMILES string of the molecule is CC(=O)OC(C)(C)C.CN(C(=O)OC(C)(C)C)[C@@H]1[C@@H](O)[C@@H](O[C@@H]2[C@@H](O)[C@H](O[C@H]3OC(CNCC4CC(N)C4)=CC[C@H]3NC(=O)OC(C)(C)C)[C@@H](NC(=O)OC(C)(C)C)C[C@H]2NC(=O)[C@@H](O)CCNC(=O)OC(C)(C)C)OC[C@]1(C)O. The van der Waals surface area contributed by atoms with Crippen molar-refractivity contribution >= 4 is 36.2 Å². The highest BCUT2D eigenvalue weighted by molar-refractivity contribution is 5.81. The van der Waals surface area contributed by atoms with Gasteiger partial charge in [-0.1, -0.05) is 0 Å². The van der Waals surface area contributed by atoms with Gasteiger partial charge in [-0.05, 0) is 161 Å². The van der Waals surface area contributed by atoms with Gasteiger partial charge in [0.1, 0.15) is 69.9 Å². The van der Waals surface area contributed by atoms with Gasteiger partial charge in [-0.25, -0.2) is 19.2 Å². The molecular formula is C54H97N7O19. The van der Waals surface area contributed by atoms with Crippen LogP contribution >= 0.6 is 0 Å². The number of carbonyl (C=O) groups is 6. The molecule has 462 valence electrons. The normalized spacial score (nSPS) is 29.5. The molecule has 2 saturated carbocycles. The summed E-state index contributed by atoms with van der Waals surface area (Å²) in [6.07, 6.45) is -11.9. The summed E-state index contributed by atoms with van der Waals surface area (Å²) in [6, 6.07) is -4.76. The predicted molar refractivity (Wildman–Crippen MR) is 290 cm³/mol. The molecule has 2 aliphatic heterocycles. The molecule has 80 heavy (non-hydrogen) atoms. The van der Waals surface area contributed by atoms with Crippen LogP contribution in [0.15, 0.2) is 11.8 Å². The third-order valence-electron chi connectivity index (χ3n) is 12.2. The number of hydrogen-bond donors (Lipinski definition) is 10. The number of likely N-dealkylation sites (N-methyl/N-ethyl adjacent to an activating group) is 1. The standard InChI is InChI=1S/C48H85N7O17.C6H12O2/c1-44(2,3)69-40(60)51-18-17-31(56)37(59)52-29-21-30(54-42(62)71-46(7,8)9)35(32(57)34(29)68-39-33(58)36(48(13,64)24-65-39)55(14)43(63)72-47(10,11)12)67-38-28(53-41(61)70-45(4,5)6)16-15-27(66-38)23-50-22-25-19-26(49)20-25;1-5(7)8-6(2,3)4/h15,25-26,28-36,38-39,50,56-58,64H,16-24,49H2,1-14H3,(H,51,60)(H,52,59)(H,53,61)(H,54,62);1-4H3/t25?,26?,28-,29-,30+,31+,32-,33-,34+,35-,36-,38-,39-,48+;/m1./s1. The van der Waals surface area contributed by atoms with Crippen molar-refractivity contribution in [3.05, 3.63) is 11.8 Å². The van der Waals surface area contributed by atoms with E-state index in [2.05, 4.69) is 26.6 Å². The van der Waals surface area contributed by atoms with Gasteiger partial charge >= 0.3 is 30.3 Å². The zero-order valence-corrected chi connectivity index (χ0v) is 50.4. The first-order valence-corrected chi connectivity index (χ1v) is 27.3. The van der Waals surface area contributed by atoms with Crippen molar-refractivity contribution in [3.63, 3.8) is 0 Å². The highest BCUT2D eigenvalue weighted by Gasteiger charge is 2.55. The fourth-order valence-electron chi connectivity index (χ4n) is 9.06. The molecular weight excluding hydrogens is 1050 g/mol. The maximum Gasteiger partial charge on any atom is 0.410 e. The monoisotopic (exact) mass is 1150 g/mol. The van der Waals surface area contributed by atoms with Crippen molar-refractivity contribution < 1.29 is 91.8 Å². The summed E-state index contributed by atoms with van der Waals surface area (Å²) in [5.74, 6) is -0.355. The molecule has 2 heterocycles. The lowest BCUT2D eigenvalue weighted by Gasteiger charge is -2.50. The van der Waals surface area contributed by atoms with Gasteiger partial charge in [0.15, 0.2) is 6.29 Å². The number of rotatable bonds is 16. The lowest BCUT2D eigenvalue weighted by atomic mass is 9.81. The molecule has 26 nitrogen and oxygen atoms in total. The van der Waals surface area contributed by atoms with E-state index >= 15 is 0 Å². The van der Waals surface area contributed by atoms with Crippen LogP contribution in [-0.2, 0) is 52.2 Å². The predicted octanol–water partition coefficient (Wildman–Crippen LogP) is 3.08. The van der Waals surface area contributed by atoms with Gasteiger partial charge in [0.2, 0.25) is 12.2 Å². The van der Waals surface area contributed by atoms with Crippen molar-refractivity contribution in [2.45, 2.75) is 257 Å². The molecule has 0 radical (unpaired) electrons. The number of nitrogens with one attached hydrogen (secondary N) is 5. The third kappa shape index (κ3) is 24.3. The lowest BCUT2D eigenvalue weighted by Crippen LogP contribution is -2.71. The summed E-state index contributed by atoms with van der Waals surface area (Å²) in [6.45, 7) is 28.5. The van der Waals surface area contributed by atoms with Gasteiger partial charge in [-0.15, -0.1) is 0 Å². The second-order valence-electron chi connectivity index (χ2n) is 26.2. The van der Waals surface area contributed by atoms with Gasteiger partial charge < -0.3 is 100 Å². The molecule has 0 spiro atoms. The zero-order chi connectivity index (χ0) is 61.1. The Morgan fingerprint density at radius 3 is 1.69 bits per heavy atom. The molecule has 4 aliphatic rings. The number of nitrogens with zero attached hydrogens (tertiary/aromatic N) is 1. The summed E-state index contributed by atoms with van der Waals surface area (Å²) in [4.78, 5) is 77.6. The van der Waals surface area contributed by atoms with Crippen molar-refractivity contribution in [1.82, 2.24) is 31.5 Å². The molecule has 11 N–H and O–H groups in total. The Bertz CT molecular complexity index is 2090. The van der Waals surface area contributed by atoms with Crippen molar-refractivity contribution in [1.29, 1.82) is 0 Å². The number of alkyl carbamates (subject to hydrolysis) is 3. The molecule has 0 aromatic heterocycles. The van der Waals surface area contributed by atoms with Gasteiger partial charge in [-0.2, -0.15) is 0 Å². The van der Waals surface area contributed by atoms with E-state index in [-0.39, 0.29) is 50.0 Å². The summed E-state index contributed by atoms with van der Waals surface area (Å²) < 4.78 is 52.1. The van der Waals surface area contributed by atoms with E-state index in [1.165, 1.54) is 20.9 Å². The second-order valence-corrected chi connectivity index (χ2v) is 26.2. The number of nitrogens with two attached hydrogens (primary N) is 1. The first kappa shape index (κ1) is 69.5. The summed E-state index contributed by atoms with van der Waals surface area (Å²) in [7, 11) is 1.32. The van der Waals surface area contributed by atoms with Crippen LogP contribution in [0.3, 0.4) is 0 Å². The first-order valence-electron chi connectivity index (χ1n) is 27.3. The molecule has 1 saturated heterocycles.